The monoisotopic (exact) mass is 409 g/mol. The second-order valence-electron chi connectivity index (χ2n) is 7.54. The maximum absolute atomic E-state index is 13.3. The van der Waals surface area contributed by atoms with E-state index in [1.165, 1.54) is 11.1 Å². The number of piperidine rings is 1. The lowest BCUT2D eigenvalue weighted by Gasteiger charge is -2.22. The maximum Gasteiger partial charge on any atom is 0.276 e. The van der Waals surface area contributed by atoms with Gasteiger partial charge >= 0.3 is 0 Å². The molecule has 1 aromatic heterocycles. The third-order valence-electron chi connectivity index (χ3n) is 5.75. The van der Waals surface area contributed by atoms with Crippen LogP contribution in [0.1, 0.15) is 40.5 Å². The molecule has 0 saturated carbocycles. The number of amides is 1. The van der Waals surface area contributed by atoms with E-state index in [9.17, 15) is 4.79 Å². The van der Waals surface area contributed by atoms with E-state index in [2.05, 4.69) is 52.0 Å². The van der Waals surface area contributed by atoms with Crippen molar-refractivity contribution in [3.8, 4) is 11.1 Å². The first-order valence-corrected chi connectivity index (χ1v) is 9.87. The molecule has 7 heteroatoms. The molecule has 0 aliphatic carbocycles. The number of nitrogens with zero attached hydrogens (tertiary/aromatic N) is 4. The summed E-state index contributed by atoms with van der Waals surface area (Å²) in [5, 5.41) is 11.8. The Morgan fingerprint density at radius 2 is 1.52 bits per heavy atom. The molecule has 29 heavy (non-hydrogen) atoms. The van der Waals surface area contributed by atoms with Gasteiger partial charge in [-0.05, 0) is 48.2 Å². The summed E-state index contributed by atoms with van der Waals surface area (Å²) in [6, 6.07) is 17.0. The Bertz CT molecular complexity index is 964. The van der Waals surface area contributed by atoms with E-state index in [1.807, 2.05) is 27.9 Å². The van der Waals surface area contributed by atoms with Crippen LogP contribution in [0, 0.1) is 0 Å². The Kier molecular flexibility index (Phi) is 5.65. The lowest BCUT2D eigenvalue weighted by atomic mass is 9.97. The molecule has 2 aliphatic rings. The molecule has 1 fully saturated rings. The van der Waals surface area contributed by atoms with Crippen LogP contribution in [0.5, 0.6) is 0 Å². The molecular formula is C22H24ClN5O. The zero-order valence-electron chi connectivity index (χ0n) is 16.1. The highest BCUT2D eigenvalue weighted by atomic mass is 35.5. The van der Waals surface area contributed by atoms with Gasteiger partial charge in [0.05, 0.1) is 12.2 Å². The van der Waals surface area contributed by atoms with Gasteiger partial charge in [0.1, 0.15) is 0 Å². The van der Waals surface area contributed by atoms with Crippen molar-refractivity contribution in [1.82, 2.24) is 25.2 Å². The number of benzene rings is 2. The first-order chi connectivity index (χ1) is 13.8. The largest absolute Gasteiger partial charge is 0.329 e. The number of nitrogens with one attached hydrogen (secondary N) is 1. The van der Waals surface area contributed by atoms with E-state index in [0.717, 1.165) is 37.1 Å². The summed E-state index contributed by atoms with van der Waals surface area (Å²) in [4.78, 5) is 15.1. The third-order valence-corrected chi connectivity index (χ3v) is 5.75. The fraction of sp³-hybridized carbons (Fsp3) is 0.318. The van der Waals surface area contributed by atoms with Crippen molar-refractivity contribution in [1.29, 1.82) is 0 Å². The third kappa shape index (κ3) is 3.78. The van der Waals surface area contributed by atoms with Gasteiger partial charge in [0, 0.05) is 13.1 Å². The second-order valence-corrected chi connectivity index (χ2v) is 7.54. The SMILES string of the molecule is Cl.O=C(c1cn(C2CCNCC2)nn1)N1Cc2ccccc2-c2ccccc2C1. The summed E-state index contributed by atoms with van der Waals surface area (Å²) in [5.41, 5.74) is 5.15. The smallest absolute Gasteiger partial charge is 0.276 e. The highest BCUT2D eigenvalue weighted by molar-refractivity contribution is 5.92. The zero-order chi connectivity index (χ0) is 18.9. The summed E-state index contributed by atoms with van der Waals surface area (Å²) >= 11 is 0. The van der Waals surface area contributed by atoms with Crippen molar-refractivity contribution in [2.45, 2.75) is 32.0 Å². The first-order valence-electron chi connectivity index (χ1n) is 9.87. The van der Waals surface area contributed by atoms with Crippen LogP contribution in [0.15, 0.2) is 54.7 Å². The molecule has 3 heterocycles. The van der Waals surface area contributed by atoms with E-state index < -0.39 is 0 Å². The standard InChI is InChI=1S/C22H23N5O.ClH/c28-22(21-15-27(25-24-21)18-9-11-23-12-10-18)26-13-16-5-1-3-7-19(16)20-8-4-2-6-17(20)14-26;/h1-8,15,18,23H,9-14H2;1H. The molecule has 1 amide bonds. The van der Waals surface area contributed by atoms with E-state index in [0.29, 0.717) is 24.8 Å². The number of fused-ring (bicyclic) bond motifs is 3. The number of carbonyl (C=O) groups is 1. The molecule has 1 N–H and O–H groups in total. The molecular weight excluding hydrogens is 386 g/mol. The average Bonchev–Trinajstić information content (AvgIpc) is 3.18. The highest BCUT2D eigenvalue weighted by Crippen LogP contribution is 2.32. The molecule has 0 radical (unpaired) electrons. The van der Waals surface area contributed by atoms with Crippen molar-refractivity contribution >= 4 is 18.3 Å². The quantitative estimate of drug-likeness (QED) is 0.704. The Hall–Kier alpha value is -2.70. The number of carbonyl (C=O) groups excluding carboxylic acids is 1. The van der Waals surface area contributed by atoms with Crippen molar-refractivity contribution < 1.29 is 4.79 Å². The Morgan fingerprint density at radius 3 is 2.14 bits per heavy atom. The number of hydrogen-bond acceptors (Lipinski definition) is 4. The van der Waals surface area contributed by atoms with Crippen LogP contribution >= 0.6 is 12.4 Å². The summed E-state index contributed by atoms with van der Waals surface area (Å²) in [6.45, 7) is 3.11. The molecule has 3 aromatic rings. The molecule has 1 saturated heterocycles. The fourth-order valence-corrected chi connectivity index (χ4v) is 4.24. The fourth-order valence-electron chi connectivity index (χ4n) is 4.24. The van der Waals surface area contributed by atoms with Crippen LogP contribution in [0.25, 0.3) is 11.1 Å². The molecule has 6 nitrogen and oxygen atoms in total. The minimum atomic E-state index is -0.0632. The Morgan fingerprint density at radius 1 is 0.931 bits per heavy atom. The lowest BCUT2D eigenvalue weighted by molar-refractivity contribution is 0.0726. The van der Waals surface area contributed by atoms with Gasteiger partial charge in [-0.25, -0.2) is 4.68 Å². The highest BCUT2D eigenvalue weighted by Gasteiger charge is 2.26. The number of hydrogen-bond donors (Lipinski definition) is 1. The predicted molar refractivity (Wildman–Crippen MR) is 114 cm³/mol. The summed E-state index contributed by atoms with van der Waals surface area (Å²) in [7, 11) is 0. The first kappa shape index (κ1) is 19.6. The van der Waals surface area contributed by atoms with E-state index >= 15 is 0 Å². The van der Waals surface area contributed by atoms with Crippen molar-refractivity contribution in [3.05, 3.63) is 71.5 Å². The van der Waals surface area contributed by atoms with Crippen LogP contribution in [0.4, 0.5) is 0 Å². The van der Waals surface area contributed by atoms with Gasteiger partial charge in [-0.1, -0.05) is 53.7 Å². The molecule has 0 spiro atoms. The number of rotatable bonds is 2. The van der Waals surface area contributed by atoms with Crippen LogP contribution < -0.4 is 5.32 Å². The van der Waals surface area contributed by atoms with Crippen LogP contribution in [-0.4, -0.2) is 38.9 Å². The zero-order valence-corrected chi connectivity index (χ0v) is 16.9. The van der Waals surface area contributed by atoms with Crippen molar-refractivity contribution in [2.24, 2.45) is 0 Å². The van der Waals surface area contributed by atoms with E-state index in [-0.39, 0.29) is 18.3 Å². The average molecular weight is 410 g/mol. The van der Waals surface area contributed by atoms with E-state index in [4.69, 9.17) is 0 Å². The predicted octanol–water partition coefficient (Wildman–Crippen LogP) is 3.45. The molecule has 2 aromatic carbocycles. The van der Waals surface area contributed by atoms with Gasteiger partial charge in [-0.3, -0.25) is 4.79 Å². The normalized spacial score (nSPS) is 16.3. The van der Waals surface area contributed by atoms with Crippen LogP contribution in [0.3, 0.4) is 0 Å². The van der Waals surface area contributed by atoms with Crippen LogP contribution in [0.2, 0.25) is 0 Å². The van der Waals surface area contributed by atoms with Crippen molar-refractivity contribution in [2.75, 3.05) is 13.1 Å². The van der Waals surface area contributed by atoms with E-state index in [1.54, 1.807) is 0 Å². The van der Waals surface area contributed by atoms with Gasteiger partial charge in [0.15, 0.2) is 5.69 Å². The molecule has 2 aliphatic heterocycles. The molecule has 0 unspecified atom stereocenters. The lowest BCUT2D eigenvalue weighted by Crippen LogP contribution is -2.30. The topological polar surface area (TPSA) is 63.1 Å². The molecule has 150 valence electrons. The number of halogens is 1. The van der Waals surface area contributed by atoms with Gasteiger partial charge in [0.25, 0.3) is 5.91 Å². The second kappa shape index (κ2) is 8.35. The summed E-state index contributed by atoms with van der Waals surface area (Å²) < 4.78 is 1.87. The minimum absolute atomic E-state index is 0. The Balaban J connectivity index is 0.00000205. The summed E-state index contributed by atoms with van der Waals surface area (Å²) in [5.74, 6) is -0.0632. The van der Waals surface area contributed by atoms with Gasteiger partial charge in [-0.15, -0.1) is 17.5 Å². The van der Waals surface area contributed by atoms with Gasteiger partial charge < -0.3 is 10.2 Å². The summed E-state index contributed by atoms with van der Waals surface area (Å²) in [6.07, 6.45) is 3.85. The maximum atomic E-state index is 13.3. The molecule has 5 rings (SSSR count). The van der Waals surface area contributed by atoms with Gasteiger partial charge in [-0.2, -0.15) is 0 Å². The molecule has 0 bridgehead atoms. The van der Waals surface area contributed by atoms with Crippen molar-refractivity contribution in [3.63, 3.8) is 0 Å². The Labute approximate surface area is 176 Å². The number of aromatic nitrogens is 3. The van der Waals surface area contributed by atoms with Gasteiger partial charge in [0.2, 0.25) is 0 Å². The van der Waals surface area contributed by atoms with Crippen LogP contribution in [-0.2, 0) is 13.1 Å². The minimum Gasteiger partial charge on any atom is -0.329 e. The molecule has 0 atom stereocenters.